The van der Waals surface area contributed by atoms with Gasteiger partial charge in [-0.15, -0.1) is 0 Å². The molecule has 0 fully saturated rings. The van der Waals surface area contributed by atoms with Crippen LogP contribution >= 0.6 is 0 Å². The Morgan fingerprint density at radius 3 is 2.12 bits per heavy atom. The zero-order valence-electron chi connectivity index (χ0n) is 10.8. The number of aliphatic hydroxyl groups excluding tert-OH is 1. The quantitative estimate of drug-likeness (QED) is 0.706. The van der Waals surface area contributed by atoms with Crippen molar-refractivity contribution in [3.8, 4) is 0 Å². The van der Waals surface area contributed by atoms with Crippen molar-refractivity contribution in [1.29, 1.82) is 0 Å². The molecule has 0 saturated heterocycles. The third kappa shape index (κ3) is 10.6. The predicted molar refractivity (Wildman–Crippen MR) is 60.8 cm³/mol. The van der Waals surface area contributed by atoms with E-state index in [1.54, 1.807) is 0 Å². The summed E-state index contributed by atoms with van der Waals surface area (Å²) in [6.45, 7) is 4.85. The van der Waals surface area contributed by atoms with Gasteiger partial charge in [0.15, 0.2) is 0 Å². The van der Waals surface area contributed by atoms with Gasteiger partial charge in [-0.2, -0.15) is 13.2 Å². The summed E-state index contributed by atoms with van der Waals surface area (Å²) in [6.07, 6.45) is -1.71. The average molecular weight is 256 g/mol. The number of halogens is 3. The molecule has 1 atom stereocenters. The average Bonchev–Trinajstić information content (AvgIpc) is 2.12. The minimum Gasteiger partial charge on any atom is -0.393 e. The van der Waals surface area contributed by atoms with Gasteiger partial charge in [0.25, 0.3) is 0 Å². The van der Waals surface area contributed by atoms with Gasteiger partial charge in [-0.05, 0) is 18.3 Å². The Labute approximate surface area is 101 Å². The van der Waals surface area contributed by atoms with Crippen LogP contribution in [-0.2, 0) is 4.74 Å². The normalized spacial score (nSPS) is 15.0. The summed E-state index contributed by atoms with van der Waals surface area (Å²) in [5, 5.41) is 9.72. The second-order valence-corrected chi connectivity index (χ2v) is 5.40. The van der Waals surface area contributed by atoms with Gasteiger partial charge in [0, 0.05) is 6.61 Å². The summed E-state index contributed by atoms with van der Waals surface area (Å²) in [5.74, 6) is 0. The van der Waals surface area contributed by atoms with Crippen LogP contribution in [0.15, 0.2) is 0 Å². The van der Waals surface area contributed by atoms with E-state index in [2.05, 4.69) is 4.74 Å². The summed E-state index contributed by atoms with van der Waals surface area (Å²) in [6, 6.07) is 0. The molecule has 0 saturated carbocycles. The van der Waals surface area contributed by atoms with Crippen molar-refractivity contribution < 1.29 is 23.0 Å². The van der Waals surface area contributed by atoms with Crippen molar-refractivity contribution in [3.63, 3.8) is 0 Å². The molecule has 5 heteroatoms. The van der Waals surface area contributed by atoms with Gasteiger partial charge < -0.3 is 9.84 Å². The van der Waals surface area contributed by atoms with E-state index < -0.39 is 12.8 Å². The number of hydrogen-bond acceptors (Lipinski definition) is 2. The standard InChI is InChI=1S/C12H23F3O2/c1-11(2,3)10(16)7-5-4-6-8-17-9-12(13,14)15/h10,16H,4-9H2,1-3H3. The van der Waals surface area contributed by atoms with E-state index in [0.29, 0.717) is 12.8 Å². The van der Waals surface area contributed by atoms with Crippen molar-refractivity contribution in [2.45, 2.75) is 58.7 Å². The zero-order valence-corrected chi connectivity index (χ0v) is 10.8. The van der Waals surface area contributed by atoms with Crippen LogP contribution in [0.3, 0.4) is 0 Å². The molecule has 0 aliphatic heterocycles. The lowest BCUT2D eigenvalue weighted by Crippen LogP contribution is -2.25. The van der Waals surface area contributed by atoms with Crippen LogP contribution in [0.1, 0.15) is 46.5 Å². The molecule has 0 aliphatic carbocycles. The lowest BCUT2D eigenvalue weighted by atomic mass is 9.86. The molecular formula is C12H23F3O2. The maximum atomic E-state index is 11.7. The van der Waals surface area contributed by atoms with Crippen LogP contribution in [0.25, 0.3) is 0 Å². The van der Waals surface area contributed by atoms with Crippen LogP contribution in [0.2, 0.25) is 0 Å². The fraction of sp³-hybridized carbons (Fsp3) is 1.00. The summed E-state index contributed by atoms with van der Waals surface area (Å²) in [5.41, 5.74) is -0.132. The van der Waals surface area contributed by atoms with Gasteiger partial charge in [0.05, 0.1) is 6.10 Å². The van der Waals surface area contributed by atoms with Gasteiger partial charge in [-0.3, -0.25) is 0 Å². The van der Waals surface area contributed by atoms with Crippen molar-refractivity contribution in [3.05, 3.63) is 0 Å². The molecule has 2 nitrogen and oxygen atoms in total. The molecule has 104 valence electrons. The largest absolute Gasteiger partial charge is 0.411 e. The molecule has 1 unspecified atom stereocenters. The van der Waals surface area contributed by atoms with Crippen LogP contribution in [-0.4, -0.2) is 30.6 Å². The summed E-state index contributed by atoms with van der Waals surface area (Å²) in [7, 11) is 0. The topological polar surface area (TPSA) is 29.5 Å². The predicted octanol–water partition coefficient (Wildman–Crippen LogP) is 3.53. The highest BCUT2D eigenvalue weighted by molar-refractivity contribution is 4.72. The molecule has 0 heterocycles. The van der Waals surface area contributed by atoms with E-state index in [9.17, 15) is 18.3 Å². The van der Waals surface area contributed by atoms with E-state index in [4.69, 9.17) is 0 Å². The van der Waals surface area contributed by atoms with E-state index in [-0.39, 0.29) is 18.1 Å². The molecule has 0 rings (SSSR count). The summed E-state index contributed by atoms with van der Waals surface area (Å²) >= 11 is 0. The molecule has 17 heavy (non-hydrogen) atoms. The number of unbranched alkanes of at least 4 members (excludes halogenated alkanes) is 2. The highest BCUT2D eigenvalue weighted by Gasteiger charge is 2.27. The van der Waals surface area contributed by atoms with Crippen LogP contribution in [0.5, 0.6) is 0 Å². The first-order valence-electron chi connectivity index (χ1n) is 5.95. The third-order valence-corrected chi connectivity index (χ3v) is 2.53. The summed E-state index contributed by atoms with van der Waals surface area (Å²) in [4.78, 5) is 0. The van der Waals surface area contributed by atoms with E-state index in [1.807, 2.05) is 20.8 Å². The monoisotopic (exact) mass is 256 g/mol. The number of rotatable bonds is 7. The first kappa shape index (κ1) is 16.7. The minimum absolute atomic E-state index is 0.130. The molecule has 1 N–H and O–H groups in total. The lowest BCUT2D eigenvalue weighted by Gasteiger charge is -2.25. The number of alkyl halides is 3. The second-order valence-electron chi connectivity index (χ2n) is 5.40. The first-order chi connectivity index (χ1) is 7.63. The Morgan fingerprint density at radius 2 is 1.65 bits per heavy atom. The molecule has 0 spiro atoms. The fourth-order valence-corrected chi connectivity index (χ4v) is 1.34. The zero-order chi connectivity index (χ0) is 13.5. The maximum Gasteiger partial charge on any atom is 0.411 e. The molecular weight excluding hydrogens is 233 g/mol. The Bertz CT molecular complexity index is 197. The smallest absolute Gasteiger partial charge is 0.393 e. The Hall–Kier alpha value is -0.290. The lowest BCUT2D eigenvalue weighted by molar-refractivity contribution is -0.174. The molecule has 0 aromatic carbocycles. The van der Waals surface area contributed by atoms with Gasteiger partial charge in [0.1, 0.15) is 6.61 Å². The van der Waals surface area contributed by atoms with Gasteiger partial charge in [-0.1, -0.05) is 33.6 Å². The molecule has 0 aromatic rings. The molecule has 0 radical (unpaired) electrons. The minimum atomic E-state index is -4.23. The van der Waals surface area contributed by atoms with Crippen LogP contribution in [0, 0.1) is 5.41 Å². The Kier molecular flexibility index (Phi) is 7.09. The third-order valence-electron chi connectivity index (χ3n) is 2.53. The highest BCUT2D eigenvalue weighted by atomic mass is 19.4. The van der Waals surface area contributed by atoms with Crippen LogP contribution < -0.4 is 0 Å². The van der Waals surface area contributed by atoms with Crippen molar-refractivity contribution >= 4 is 0 Å². The highest BCUT2D eigenvalue weighted by Crippen LogP contribution is 2.23. The van der Waals surface area contributed by atoms with Crippen LogP contribution in [0.4, 0.5) is 13.2 Å². The second kappa shape index (κ2) is 7.21. The van der Waals surface area contributed by atoms with Gasteiger partial charge in [0.2, 0.25) is 0 Å². The van der Waals surface area contributed by atoms with Crippen molar-refractivity contribution in [2.24, 2.45) is 5.41 Å². The summed E-state index contributed by atoms with van der Waals surface area (Å²) < 4.78 is 39.6. The molecule has 0 aliphatic rings. The first-order valence-corrected chi connectivity index (χ1v) is 5.95. The van der Waals surface area contributed by atoms with Crippen molar-refractivity contribution in [1.82, 2.24) is 0 Å². The van der Waals surface area contributed by atoms with E-state index in [0.717, 1.165) is 12.8 Å². The molecule has 0 aromatic heterocycles. The Balaban J connectivity index is 3.36. The molecule has 0 amide bonds. The maximum absolute atomic E-state index is 11.7. The van der Waals surface area contributed by atoms with Gasteiger partial charge >= 0.3 is 6.18 Å². The number of ether oxygens (including phenoxy) is 1. The molecule has 0 bridgehead atoms. The SMILES string of the molecule is CC(C)(C)C(O)CCCCCOCC(F)(F)F. The van der Waals surface area contributed by atoms with Gasteiger partial charge in [-0.25, -0.2) is 0 Å². The number of aliphatic hydroxyl groups is 1. The van der Waals surface area contributed by atoms with Crippen molar-refractivity contribution in [2.75, 3.05) is 13.2 Å². The van der Waals surface area contributed by atoms with E-state index >= 15 is 0 Å². The number of hydrogen-bond donors (Lipinski definition) is 1. The Morgan fingerprint density at radius 1 is 1.06 bits per heavy atom. The van der Waals surface area contributed by atoms with E-state index in [1.165, 1.54) is 0 Å². The fourth-order valence-electron chi connectivity index (χ4n) is 1.34.